The quantitative estimate of drug-likeness (QED) is 0.859. The van der Waals surface area contributed by atoms with E-state index in [1.807, 2.05) is 13.1 Å². The molecule has 2 aliphatic heterocycles. The Morgan fingerprint density at radius 1 is 1.21 bits per heavy atom. The number of hydrogen-bond acceptors (Lipinski definition) is 4. The Morgan fingerprint density at radius 3 is 2.71 bits per heavy atom. The minimum atomic E-state index is -1.04. The second-order valence-electron chi connectivity index (χ2n) is 9.27. The molecule has 28 heavy (non-hydrogen) atoms. The number of piperidine rings is 1. The summed E-state index contributed by atoms with van der Waals surface area (Å²) in [5.74, 6) is -0.216. The van der Waals surface area contributed by atoms with Crippen LogP contribution in [-0.4, -0.2) is 65.6 Å². The van der Waals surface area contributed by atoms with Gasteiger partial charge in [-0.25, -0.2) is 0 Å². The maximum Gasteiger partial charge on any atom is 0.313 e. The maximum absolute atomic E-state index is 13.3. The van der Waals surface area contributed by atoms with Crippen molar-refractivity contribution in [3.05, 3.63) is 29.3 Å². The van der Waals surface area contributed by atoms with Crippen molar-refractivity contribution in [2.24, 2.45) is 11.3 Å². The van der Waals surface area contributed by atoms with E-state index in [4.69, 9.17) is 4.74 Å². The Balaban J connectivity index is 1.51. The number of aryl methyl sites for hydroxylation is 2. The van der Waals surface area contributed by atoms with Crippen LogP contribution in [0.3, 0.4) is 0 Å². The molecule has 2 heterocycles. The third-order valence-corrected chi connectivity index (χ3v) is 6.78. The van der Waals surface area contributed by atoms with Crippen LogP contribution in [0.25, 0.3) is 0 Å². The molecule has 1 aromatic rings. The number of hydrogen-bond donors (Lipinski definition) is 1. The average Bonchev–Trinajstić information content (AvgIpc) is 3.24. The van der Waals surface area contributed by atoms with Crippen molar-refractivity contribution in [1.29, 1.82) is 0 Å². The highest BCUT2D eigenvalue weighted by Crippen LogP contribution is 2.43. The first-order chi connectivity index (χ1) is 13.2. The van der Waals surface area contributed by atoms with Gasteiger partial charge in [0.25, 0.3) is 5.91 Å². The predicted octanol–water partition coefficient (Wildman–Crippen LogP) is 2.20. The first-order valence-corrected chi connectivity index (χ1v) is 10.2. The van der Waals surface area contributed by atoms with Gasteiger partial charge in [-0.3, -0.25) is 9.59 Å². The number of carboxylic acid groups (broad SMARTS) is 1. The highest BCUT2D eigenvalue weighted by Gasteiger charge is 2.56. The number of aliphatic carboxylic acids is 1. The number of ether oxygens (including phenoxy) is 1. The van der Waals surface area contributed by atoms with Crippen LogP contribution in [0, 0.1) is 11.3 Å². The molecular weight excluding hydrogens is 356 g/mol. The summed E-state index contributed by atoms with van der Waals surface area (Å²) >= 11 is 0. The summed E-state index contributed by atoms with van der Waals surface area (Å²) < 4.78 is 6.12. The van der Waals surface area contributed by atoms with Crippen LogP contribution in [0.4, 0.5) is 0 Å². The fraction of sp³-hybridized carbons (Fsp3) is 0.636. The van der Waals surface area contributed by atoms with E-state index in [9.17, 15) is 14.7 Å². The molecule has 2 atom stereocenters. The van der Waals surface area contributed by atoms with E-state index in [0.29, 0.717) is 18.8 Å². The number of carbonyl (C=O) groups is 2. The predicted molar refractivity (Wildman–Crippen MR) is 105 cm³/mol. The van der Waals surface area contributed by atoms with E-state index in [-0.39, 0.29) is 18.4 Å². The van der Waals surface area contributed by atoms with E-state index in [1.54, 1.807) is 18.7 Å². The van der Waals surface area contributed by atoms with Crippen molar-refractivity contribution in [1.82, 2.24) is 9.80 Å². The van der Waals surface area contributed by atoms with Crippen molar-refractivity contribution in [2.75, 3.05) is 33.2 Å². The van der Waals surface area contributed by atoms with Crippen LogP contribution in [0.2, 0.25) is 0 Å². The van der Waals surface area contributed by atoms with Gasteiger partial charge in [0.2, 0.25) is 0 Å². The topological polar surface area (TPSA) is 70.1 Å². The van der Waals surface area contributed by atoms with Gasteiger partial charge in [0.15, 0.2) is 5.60 Å². The highest BCUT2D eigenvalue weighted by atomic mass is 16.5. The van der Waals surface area contributed by atoms with Crippen LogP contribution in [-0.2, 0) is 22.4 Å². The van der Waals surface area contributed by atoms with Crippen LogP contribution in [0.5, 0.6) is 5.75 Å². The van der Waals surface area contributed by atoms with Crippen molar-refractivity contribution in [3.8, 4) is 5.75 Å². The van der Waals surface area contributed by atoms with Crippen molar-refractivity contribution in [3.63, 3.8) is 0 Å². The minimum absolute atomic E-state index is 0.000875. The fourth-order valence-corrected chi connectivity index (χ4v) is 5.25. The van der Waals surface area contributed by atoms with Crippen LogP contribution in [0.1, 0.15) is 37.8 Å². The number of fused-ring (bicyclic) bond motifs is 2. The smallest absolute Gasteiger partial charge is 0.313 e. The lowest BCUT2D eigenvalue weighted by Gasteiger charge is -2.39. The van der Waals surface area contributed by atoms with Gasteiger partial charge in [0.1, 0.15) is 11.2 Å². The van der Waals surface area contributed by atoms with Crippen molar-refractivity contribution in [2.45, 2.75) is 45.1 Å². The summed E-state index contributed by atoms with van der Waals surface area (Å²) in [5.41, 5.74) is 0.770. The molecule has 2 saturated heterocycles. The molecule has 0 bridgehead atoms. The number of carbonyl (C=O) groups excluding carboxylic acids is 1. The summed E-state index contributed by atoms with van der Waals surface area (Å²) in [4.78, 5) is 29.2. The lowest BCUT2D eigenvalue weighted by atomic mass is 9.73. The molecule has 6 heteroatoms. The number of benzene rings is 1. The Bertz CT molecular complexity index is 806. The van der Waals surface area contributed by atoms with Gasteiger partial charge >= 0.3 is 5.97 Å². The zero-order valence-electron chi connectivity index (χ0n) is 17.0. The largest absolute Gasteiger partial charge is 0.481 e. The maximum atomic E-state index is 13.3. The van der Waals surface area contributed by atoms with Crippen molar-refractivity contribution >= 4 is 11.9 Å². The molecule has 1 aromatic carbocycles. The summed E-state index contributed by atoms with van der Waals surface area (Å²) in [6, 6.07) is 6.09. The molecule has 152 valence electrons. The van der Waals surface area contributed by atoms with Gasteiger partial charge in [0.05, 0.1) is 0 Å². The molecule has 2 fully saturated rings. The SMILES string of the molecule is CN1CC[C@@H]2CN(C(=O)C(C)(C)Oc3ccc4c(c3)CCC4)C[C@]2(C(=O)O)C1. The number of amides is 1. The van der Waals surface area contributed by atoms with E-state index in [2.05, 4.69) is 17.0 Å². The summed E-state index contributed by atoms with van der Waals surface area (Å²) in [7, 11) is 1.95. The first-order valence-electron chi connectivity index (χ1n) is 10.2. The molecule has 0 unspecified atom stereocenters. The van der Waals surface area contributed by atoms with E-state index < -0.39 is 17.0 Å². The normalized spacial score (nSPS) is 27.4. The van der Waals surface area contributed by atoms with E-state index >= 15 is 0 Å². The third-order valence-electron chi connectivity index (χ3n) is 6.78. The highest BCUT2D eigenvalue weighted by molar-refractivity contribution is 5.87. The van der Waals surface area contributed by atoms with Gasteiger partial charge in [0, 0.05) is 19.6 Å². The van der Waals surface area contributed by atoms with E-state index in [1.165, 1.54) is 17.5 Å². The lowest BCUT2D eigenvalue weighted by molar-refractivity contribution is -0.154. The zero-order valence-corrected chi connectivity index (χ0v) is 17.0. The Hall–Kier alpha value is -2.08. The van der Waals surface area contributed by atoms with Crippen LogP contribution < -0.4 is 4.74 Å². The van der Waals surface area contributed by atoms with Gasteiger partial charge < -0.3 is 19.6 Å². The second kappa shape index (κ2) is 6.76. The average molecular weight is 386 g/mol. The molecule has 0 radical (unpaired) electrons. The standard InChI is InChI=1S/C22H30N2O4/c1-21(2,28-18-8-7-15-5-4-6-16(15)11-18)19(25)24-12-17-9-10-23(3)13-22(17,14-24)20(26)27/h7-8,11,17H,4-6,9-10,12-14H2,1-3H3,(H,26,27)/t17-,22-/m1/s1. The molecular formula is C22H30N2O4. The molecule has 4 rings (SSSR count). The zero-order chi connectivity index (χ0) is 20.1. The summed E-state index contributed by atoms with van der Waals surface area (Å²) in [5, 5.41) is 9.95. The molecule has 6 nitrogen and oxygen atoms in total. The van der Waals surface area contributed by atoms with Crippen LogP contribution >= 0.6 is 0 Å². The Labute approximate surface area is 166 Å². The monoisotopic (exact) mass is 386 g/mol. The molecule has 0 spiro atoms. The Kier molecular flexibility index (Phi) is 4.65. The first kappa shape index (κ1) is 19.2. The molecule has 3 aliphatic rings. The summed E-state index contributed by atoms with van der Waals surface area (Å²) in [6.45, 7) is 5.68. The number of carboxylic acids is 1. The number of rotatable bonds is 4. The van der Waals surface area contributed by atoms with Gasteiger partial charge in [-0.2, -0.15) is 0 Å². The molecule has 0 aromatic heterocycles. The third kappa shape index (κ3) is 3.17. The molecule has 1 N–H and O–H groups in total. The van der Waals surface area contributed by atoms with Crippen molar-refractivity contribution < 1.29 is 19.4 Å². The molecule has 1 amide bonds. The number of nitrogens with zero attached hydrogens (tertiary/aromatic N) is 2. The van der Waals surface area contributed by atoms with Gasteiger partial charge in [-0.05, 0) is 82.3 Å². The van der Waals surface area contributed by atoms with Gasteiger partial charge in [-0.15, -0.1) is 0 Å². The second-order valence-corrected chi connectivity index (χ2v) is 9.27. The molecule has 0 saturated carbocycles. The Morgan fingerprint density at radius 2 is 1.96 bits per heavy atom. The fourth-order valence-electron chi connectivity index (χ4n) is 5.25. The lowest BCUT2D eigenvalue weighted by Crippen LogP contribution is -2.53. The van der Waals surface area contributed by atoms with Crippen LogP contribution in [0.15, 0.2) is 18.2 Å². The minimum Gasteiger partial charge on any atom is -0.481 e. The van der Waals surface area contributed by atoms with E-state index in [0.717, 1.165) is 25.8 Å². The molecule has 1 aliphatic carbocycles. The summed E-state index contributed by atoms with van der Waals surface area (Å²) in [6.07, 6.45) is 4.14. The van der Waals surface area contributed by atoms with Gasteiger partial charge in [-0.1, -0.05) is 6.07 Å². The number of likely N-dealkylation sites (tertiary alicyclic amines) is 2.